The van der Waals surface area contributed by atoms with Crippen molar-refractivity contribution in [3.63, 3.8) is 0 Å². The standard InChI is InChI=1S/C21H20O10/c1-7-17(26)19(28)20(29)21(30-7)16-12(25)6-14-15(18(16)27)11(24)5-13(31-14)8-2-3-9(22)10(23)4-8/h2-7,17,19-23,25-29H,1H3/t7-,17+,19-,20-,21+/m0/s1. The van der Waals surface area contributed by atoms with Crippen molar-refractivity contribution >= 4 is 11.0 Å². The normalized spacial score (nSPS) is 26.3. The maximum Gasteiger partial charge on any atom is 0.197 e. The molecule has 3 aromatic rings. The Bertz CT molecular complexity index is 1220. The predicted molar refractivity (Wildman–Crippen MR) is 106 cm³/mol. The molecule has 0 radical (unpaired) electrons. The van der Waals surface area contributed by atoms with Gasteiger partial charge in [-0.3, -0.25) is 4.79 Å². The van der Waals surface area contributed by atoms with Crippen molar-refractivity contribution in [1.82, 2.24) is 0 Å². The number of benzene rings is 2. The number of hydrogen-bond donors (Lipinski definition) is 7. The van der Waals surface area contributed by atoms with E-state index < -0.39 is 53.2 Å². The van der Waals surface area contributed by atoms with E-state index in [0.717, 1.165) is 12.1 Å². The smallest absolute Gasteiger partial charge is 0.197 e. The lowest BCUT2D eigenvalue weighted by molar-refractivity contribution is -0.220. The van der Waals surface area contributed by atoms with Crippen LogP contribution in [0.4, 0.5) is 0 Å². The summed E-state index contributed by atoms with van der Waals surface area (Å²) >= 11 is 0. The van der Waals surface area contributed by atoms with Crippen molar-refractivity contribution in [2.45, 2.75) is 37.4 Å². The monoisotopic (exact) mass is 432 g/mol. The number of aliphatic hydroxyl groups excluding tert-OH is 3. The molecular weight excluding hydrogens is 412 g/mol. The number of aromatic hydroxyl groups is 4. The van der Waals surface area contributed by atoms with Gasteiger partial charge in [0, 0.05) is 17.7 Å². The van der Waals surface area contributed by atoms with Crippen LogP contribution in [0.5, 0.6) is 23.0 Å². The van der Waals surface area contributed by atoms with E-state index in [-0.39, 0.29) is 33.6 Å². The van der Waals surface area contributed by atoms with Crippen LogP contribution in [0.2, 0.25) is 0 Å². The highest BCUT2D eigenvalue weighted by Crippen LogP contribution is 2.44. The van der Waals surface area contributed by atoms with Crippen LogP contribution < -0.4 is 5.43 Å². The van der Waals surface area contributed by atoms with Gasteiger partial charge in [0.25, 0.3) is 0 Å². The average molecular weight is 432 g/mol. The van der Waals surface area contributed by atoms with Gasteiger partial charge in [-0.05, 0) is 25.1 Å². The van der Waals surface area contributed by atoms with E-state index in [1.54, 1.807) is 0 Å². The predicted octanol–water partition coefficient (Wildman–Crippen LogP) is 0.825. The molecule has 0 bridgehead atoms. The van der Waals surface area contributed by atoms with Crippen molar-refractivity contribution in [2.75, 3.05) is 0 Å². The lowest BCUT2D eigenvalue weighted by atomic mass is 9.90. The van der Waals surface area contributed by atoms with Gasteiger partial charge in [0.1, 0.15) is 52.6 Å². The summed E-state index contributed by atoms with van der Waals surface area (Å²) in [5.74, 6) is -2.07. The highest BCUT2D eigenvalue weighted by Gasteiger charge is 2.44. The van der Waals surface area contributed by atoms with Gasteiger partial charge in [-0.1, -0.05) is 0 Å². The second kappa shape index (κ2) is 7.43. The van der Waals surface area contributed by atoms with Crippen molar-refractivity contribution in [3.8, 4) is 34.3 Å². The van der Waals surface area contributed by atoms with E-state index in [1.807, 2.05) is 0 Å². The lowest BCUT2D eigenvalue weighted by Crippen LogP contribution is -2.53. The summed E-state index contributed by atoms with van der Waals surface area (Å²) in [6.45, 7) is 1.44. The van der Waals surface area contributed by atoms with Crippen molar-refractivity contribution in [2.24, 2.45) is 0 Å². The SMILES string of the molecule is C[C@@H]1O[C@H](c2c(O)cc3oc(-c4ccc(O)c(O)c4)cc(=O)c3c2O)[C@@H](O)[C@@H](O)[C@@H]1O. The van der Waals surface area contributed by atoms with E-state index >= 15 is 0 Å². The second-order valence-electron chi connectivity index (χ2n) is 7.44. The Morgan fingerprint density at radius 3 is 2.23 bits per heavy atom. The van der Waals surface area contributed by atoms with Gasteiger partial charge in [0.2, 0.25) is 0 Å². The van der Waals surface area contributed by atoms with Crippen LogP contribution in [0.1, 0.15) is 18.6 Å². The highest BCUT2D eigenvalue weighted by molar-refractivity contribution is 5.88. The van der Waals surface area contributed by atoms with Gasteiger partial charge in [0.15, 0.2) is 16.9 Å². The van der Waals surface area contributed by atoms with E-state index in [0.29, 0.717) is 0 Å². The molecule has 0 spiro atoms. The van der Waals surface area contributed by atoms with Crippen molar-refractivity contribution < 1.29 is 44.9 Å². The Balaban J connectivity index is 1.87. The molecule has 2 heterocycles. The van der Waals surface area contributed by atoms with Gasteiger partial charge in [-0.2, -0.15) is 0 Å². The molecule has 5 atom stereocenters. The molecule has 7 N–H and O–H groups in total. The van der Waals surface area contributed by atoms with Crippen LogP contribution in [-0.4, -0.2) is 60.2 Å². The Kier molecular flexibility index (Phi) is 5.02. The zero-order valence-electron chi connectivity index (χ0n) is 16.1. The second-order valence-corrected chi connectivity index (χ2v) is 7.44. The summed E-state index contributed by atoms with van der Waals surface area (Å²) < 4.78 is 11.1. The van der Waals surface area contributed by atoms with Crippen LogP contribution >= 0.6 is 0 Å². The van der Waals surface area contributed by atoms with Crippen LogP contribution in [0.3, 0.4) is 0 Å². The van der Waals surface area contributed by atoms with Gasteiger partial charge >= 0.3 is 0 Å². The number of hydrogen-bond acceptors (Lipinski definition) is 10. The van der Waals surface area contributed by atoms with Crippen LogP contribution in [-0.2, 0) is 4.74 Å². The summed E-state index contributed by atoms with van der Waals surface area (Å²) in [4.78, 5) is 12.7. The molecule has 2 aromatic carbocycles. The number of phenols is 4. The molecule has 4 rings (SSSR count). The molecule has 10 nitrogen and oxygen atoms in total. The number of rotatable bonds is 2. The molecule has 31 heavy (non-hydrogen) atoms. The summed E-state index contributed by atoms with van der Waals surface area (Å²) in [7, 11) is 0. The fraction of sp³-hybridized carbons (Fsp3) is 0.286. The molecule has 0 aliphatic carbocycles. The fourth-order valence-corrected chi connectivity index (χ4v) is 3.69. The largest absolute Gasteiger partial charge is 0.507 e. The van der Waals surface area contributed by atoms with Gasteiger partial charge in [-0.15, -0.1) is 0 Å². The Morgan fingerprint density at radius 2 is 1.55 bits per heavy atom. The Morgan fingerprint density at radius 1 is 0.839 bits per heavy atom. The molecule has 0 unspecified atom stereocenters. The molecule has 1 aromatic heterocycles. The molecule has 10 heteroatoms. The van der Waals surface area contributed by atoms with Gasteiger partial charge in [0.05, 0.1) is 11.7 Å². The fourth-order valence-electron chi connectivity index (χ4n) is 3.69. The Hall–Kier alpha value is -3.31. The first-order chi connectivity index (χ1) is 14.6. The lowest BCUT2D eigenvalue weighted by Gasteiger charge is -2.39. The van der Waals surface area contributed by atoms with E-state index in [2.05, 4.69) is 0 Å². The maximum absolute atomic E-state index is 12.7. The zero-order chi connectivity index (χ0) is 22.6. The summed E-state index contributed by atoms with van der Waals surface area (Å²) in [6, 6.07) is 5.87. The number of ether oxygens (including phenoxy) is 1. The maximum atomic E-state index is 12.7. The molecule has 1 aliphatic heterocycles. The van der Waals surface area contributed by atoms with Crippen molar-refractivity contribution in [3.05, 3.63) is 46.1 Å². The molecule has 1 saturated heterocycles. The van der Waals surface area contributed by atoms with E-state index in [9.17, 15) is 40.5 Å². The number of phenolic OH excluding ortho intramolecular Hbond substituents is 4. The third-order valence-corrected chi connectivity index (χ3v) is 5.41. The van der Waals surface area contributed by atoms with E-state index in [1.165, 1.54) is 25.1 Å². The van der Waals surface area contributed by atoms with Gasteiger partial charge in [-0.25, -0.2) is 0 Å². The summed E-state index contributed by atoms with van der Waals surface area (Å²) in [5.41, 5.74) is -0.955. The van der Waals surface area contributed by atoms with Gasteiger partial charge < -0.3 is 44.9 Å². The first-order valence-corrected chi connectivity index (χ1v) is 9.34. The minimum Gasteiger partial charge on any atom is -0.507 e. The molecule has 0 saturated carbocycles. The molecule has 0 amide bonds. The summed E-state index contributed by atoms with van der Waals surface area (Å²) in [6.07, 6.45) is -7.04. The molecule has 1 fully saturated rings. The van der Waals surface area contributed by atoms with Crippen LogP contribution in [0.15, 0.2) is 39.5 Å². The highest BCUT2D eigenvalue weighted by atomic mass is 16.5. The van der Waals surface area contributed by atoms with E-state index in [4.69, 9.17) is 9.15 Å². The molecular formula is C21H20O10. The van der Waals surface area contributed by atoms with Crippen LogP contribution in [0.25, 0.3) is 22.3 Å². The first kappa shape index (κ1) is 20.9. The summed E-state index contributed by atoms with van der Waals surface area (Å²) in [5, 5.41) is 70.3. The Labute approximate surface area is 174 Å². The quantitative estimate of drug-likeness (QED) is 0.286. The topological polar surface area (TPSA) is 181 Å². The zero-order valence-corrected chi connectivity index (χ0v) is 16.1. The first-order valence-electron chi connectivity index (χ1n) is 9.34. The number of fused-ring (bicyclic) bond motifs is 1. The van der Waals surface area contributed by atoms with Crippen molar-refractivity contribution in [1.29, 1.82) is 0 Å². The molecule has 164 valence electrons. The minimum atomic E-state index is -1.69. The average Bonchev–Trinajstić information content (AvgIpc) is 2.71. The third kappa shape index (κ3) is 3.35. The van der Waals surface area contributed by atoms with Crippen LogP contribution in [0, 0.1) is 0 Å². The third-order valence-electron chi connectivity index (χ3n) is 5.41. The number of aliphatic hydroxyl groups is 3. The molecule has 1 aliphatic rings. The minimum absolute atomic E-state index is 0.000433.